The van der Waals surface area contributed by atoms with Gasteiger partial charge in [0.25, 0.3) is 10.0 Å². The van der Waals surface area contributed by atoms with E-state index in [4.69, 9.17) is 14.9 Å². The van der Waals surface area contributed by atoms with Crippen molar-refractivity contribution in [1.82, 2.24) is 0 Å². The second-order valence-corrected chi connectivity index (χ2v) is 6.72. The van der Waals surface area contributed by atoms with Crippen LogP contribution in [0.1, 0.15) is 15.9 Å². The third kappa shape index (κ3) is 4.61. The highest BCUT2D eigenvalue weighted by atomic mass is 32.2. The fraction of sp³-hybridized carbons (Fsp3) is 0.0588. The van der Waals surface area contributed by atoms with Crippen molar-refractivity contribution in [3.63, 3.8) is 0 Å². The van der Waals surface area contributed by atoms with E-state index in [1.165, 1.54) is 55.7 Å². The Morgan fingerprint density at radius 2 is 1.73 bits per heavy atom. The SMILES string of the molecule is COc1ccc(/C=C/C(=O)O)cc1S(=O)(=O)Nc1ccc(C(=O)O)cc1. The van der Waals surface area contributed by atoms with Gasteiger partial charge >= 0.3 is 11.9 Å². The fourth-order valence-corrected chi connectivity index (χ4v) is 3.33. The van der Waals surface area contributed by atoms with Crippen molar-refractivity contribution in [2.75, 3.05) is 11.8 Å². The van der Waals surface area contributed by atoms with Crippen LogP contribution in [0.25, 0.3) is 6.08 Å². The van der Waals surface area contributed by atoms with E-state index >= 15 is 0 Å². The van der Waals surface area contributed by atoms with Crippen molar-refractivity contribution in [2.45, 2.75) is 4.90 Å². The molecule has 9 heteroatoms. The van der Waals surface area contributed by atoms with Crippen LogP contribution in [0.15, 0.2) is 53.4 Å². The van der Waals surface area contributed by atoms with E-state index < -0.39 is 22.0 Å². The van der Waals surface area contributed by atoms with E-state index in [1.54, 1.807) is 0 Å². The summed E-state index contributed by atoms with van der Waals surface area (Å²) < 4.78 is 32.7. The number of anilines is 1. The Kier molecular flexibility index (Phi) is 5.63. The Bertz CT molecular complexity index is 963. The van der Waals surface area contributed by atoms with Gasteiger partial charge in [-0.05, 0) is 48.0 Å². The van der Waals surface area contributed by atoms with Gasteiger partial charge in [0.2, 0.25) is 0 Å². The first kappa shape index (κ1) is 19.0. The molecular weight excluding hydrogens is 362 g/mol. The molecule has 0 saturated carbocycles. The molecule has 0 aliphatic rings. The zero-order valence-electron chi connectivity index (χ0n) is 13.5. The molecule has 0 unspecified atom stereocenters. The molecule has 2 rings (SSSR count). The van der Waals surface area contributed by atoms with Crippen molar-refractivity contribution in [1.29, 1.82) is 0 Å². The van der Waals surface area contributed by atoms with Crippen molar-refractivity contribution < 1.29 is 33.0 Å². The molecule has 2 aromatic rings. The van der Waals surface area contributed by atoms with Crippen LogP contribution in [-0.4, -0.2) is 37.7 Å². The highest BCUT2D eigenvalue weighted by Crippen LogP contribution is 2.27. The smallest absolute Gasteiger partial charge is 0.335 e. The predicted octanol–water partition coefficient (Wildman–Crippen LogP) is 2.29. The normalized spacial score (nSPS) is 11.3. The molecule has 26 heavy (non-hydrogen) atoms. The monoisotopic (exact) mass is 377 g/mol. The average Bonchev–Trinajstić information content (AvgIpc) is 2.59. The van der Waals surface area contributed by atoms with Gasteiger partial charge in [0.1, 0.15) is 10.6 Å². The number of rotatable bonds is 7. The van der Waals surface area contributed by atoms with Gasteiger partial charge in [0.05, 0.1) is 12.7 Å². The number of aliphatic carboxylic acids is 1. The number of aromatic carboxylic acids is 1. The Labute approximate surface area is 149 Å². The second-order valence-electron chi connectivity index (χ2n) is 5.07. The van der Waals surface area contributed by atoms with Gasteiger partial charge in [-0.15, -0.1) is 0 Å². The van der Waals surface area contributed by atoms with Gasteiger partial charge in [-0.2, -0.15) is 0 Å². The van der Waals surface area contributed by atoms with Crippen LogP contribution < -0.4 is 9.46 Å². The first-order valence-corrected chi connectivity index (χ1v) is 8.66. The van der Waals surface area contributed by atoms with Crippen LogP contribution in [0.4, 0.5) is 5.69 Å². The Hall–Kier alpha value is -3.33. The summed E-state index contributed by atoms with van der Waals surface area (Å²) in [4.78, 5) is 21.3. The molecule has 0 aliphatic heterocycles. The standard InChI is InChI=1S/C17H15NO7S/c1-25-14-8-2-11(3-9-16(19)20)10-15(14)26(23,24)18-13-6-4-12(5-7-13)17(21)22/h2-10,18H,1H3,(H,19,20)(H,21,22)/b9-3+. The molecule has 0 aliphatic carbocycles. The van der Waals surface area contributed by atoms with Crippen molar-refractivity contribution in [3.05, 3.63) is 59.7 Å². The van der Waals surface area contributed by atoms with E-state index in [-0.39, 0.29) is 21.9 Å². The van der Waals surface area contributed by atoms with E-state index in [2.05, 4.69) is 4.72 Å². The Morgan fingerprint density at radius 1 is 1.08 bits per heavy atom. The third-order valence-electron chi connectivity index (χ3n) is 3.28. The molecule has 0 aromatic heterocycles. The summed E-state index contributed by atoms with van der Waals surface area (Å²) in [6.45, 7) is 0. The average molecular weight is 377 g/mol. The first-order chi connectivity index (χ1) is 12.2. The maximum absolute atomic E-state index is 12.6. The number of ether oxygens (including phenoxy) is 1. The van der Waals surface area contributed by atoms with Crippen LogP contribution >= 0.6 is 0 Å². The van der Waals surface area contributed by atoms with Gasteiger partial charge in [0, 0.05) is 11.8 Å². The molecule has 0 amide bonds. The molecule has 2 aromatic carbocycles. The lowest BCUT2D eigenvalue weighted by molar-refractivity contribution is -0.131. The largest absolute Gasteiger partial charge is 0.495 e. The maximum Gasteiger partial charge on any atom is 0.335 e. The molecule has 0 atom stereocenters. The highest BCUT2D eigenvalue weighted by Gasteiger charge is 2.20. The van der Waals surface area contributed by atoms with Crippen molar-refractivity contribution in [2.24, 2.45) is 0 Å². The number of hydrogen-bond acceptors (Lipinski definition) is 5. The topological polar surface area (TPSA) is 130 Å². The highest BCUT2D eigenvalue weighted by molar-refractivity contribution is 7.92. The number of carbonyl (C=O) groups is 2. The van der Waals surface area contributed by atoms with E-state index in [0.29, 0.717) is 5.56 Å². The number of hydrogen-bond donors (Lipinski definition) is 3. The van der Waals surface area contributed by atoms with Gasteiger partial charge in [0.15, 0.2) is 0 Å². The minimum absolute atomic E-state index is 0.0198. The first-order valence-electron chi connectivity index (χ1n) is 7.18. The summed E-state index contributed by atoms with van der Waals surface area (Å²) in [7, 11) is -2.75. The number of methoxy groups -OCH3 is 1. The molecule has 0 spiro atoms. The molecule has 0 fully saturated rings. The summed E-state index contributed by atoms with van der Waals surface area (Å²) in [5.74, 6) is -2.21. The van der Waals surface area contributed by atoms with Gasteiger partial charge < -0.3 is 14.9 Å². The summed E-state index contributed by atoms with van der Waals surface area (Å²) in [5, 5.41) is 17.5. The Morgan fingerprint density at radius 3 is 2.27 bits per heavy atom. The van der Waals surface area contributed by atoms with Crippen molar-refractivity contribution in [3.8, 4) is 5.75 Å². The third-order valence-corrected chi connectivity index (χ3v) is 4.68. The zero-order chi connectivity index (χ0) is 19.3. The zero-order valence-corrected chi connectivity index (χ0v) is 14.4. The lowest BCUT2D eigenvalue weighted by Crippen LogP contribution is -2.14. The van der Waals surface area contributed by atoms with Crippen LogP contribution in [0.3, 0.4) is 0 Å². The molecule has 0 radical (unpaired) electrons. The van der Waals surface area contributed by atoms with E-state index in [1.807, 2.05) is 0 Å². The lowest BCUT2D eigenvalue weighted by atomic mass is 10.2. The second kappa shape index (κ2) is 7.70. The van der Waals surface area contributed by atoms with Crippen LogP contribution in [-0.2, 0) is 14.8 Å². The van der Waals surface area contributed by atoms with E-state index in [9.17, 15) is 18.0 Å². The molecule has 0 heterocycles. The molecule has 0 saturated heterocycles. The summed E-state index contributed by atoms with van der Waals surface area (Å²) in [6.07, 6.45) is 2.14. The molecule has 8 nitrogen and oxygen atoms in total. The summed E-state index contributed by atoms with van der Waals surface area (Å²) in [6, 6.07) is 9.37. The van der Waals surface area contributed by atoms with E-state index in [0.717, 1.165) is 6.08 Å². The minimum atomic E-state index is -4.05. The fourth-order valence-electron chi connectivity index (χ4n) is 2.07. The summed E-state index contributed by atoms with van der Waals surface area (Å²) >= 11 is 0. The van der Waals surface area contributed by atoms with Crippen LogP contribution in [0.2, 0.25) is 0 Å². The maximum atomic E-state index is 12.6. The van der Waals surface area contributed by atoms with Crippen LogP contribution in [0, 0.1) is 0 Å². The lowest BCUT2D eigenvalue weighted by Gasteiger charge is -2.12. The number of nitrogens with one attached hydrogen (secondary N) is 1. The van der Waals surface area contributed by atoms with Gasteiger partial charge in [-0.1, -0.05) is 6.07 Å². The number of carboxylic acids is 2. The van der Waals surface area contributed by atoms with Crippen molar-refractivity contribution >= 4 is 33.7 Å². The molecular formula is C17H15NO7S. The number of benzene rings is 2. The molecule has 136 valence electrons. The van der Waals surface area contributed by atoms with Crippen LogP contribution in [0.5, 0.6) is 5.75 Å². The minimum Gasteiger partial charge on any atom is -0.495 e. The predicted molar refractivity (Wildman–Crippen MR) is 93.9 cm³/mol. The number of carboxylic acid groups (broad SMARTS) is 2. The quantitative estimate of drug-likeness (QED) is 0.631. The Balaban J connectivity index is 2.38. The molecule has 0 bridgehead atoms. The summed E-state index contributed by atoms with van der Waals surface area (Å²) in [5.41, 5.74) is 0.546. The molecule has 3 N–H and O–H groups in total. The number of sulfonamides is 1. The van der Waals surface area contributed by atoms with Gasteiger partial charge in [-0.25, -0.2) is 18.0 Å². The van der Waals surface area contributed by atoms with Gasteiger partial charge in [-0.3, -0.25) is 4.72 Å².